The molecule has 0 aromatic heterocycles. The van der Waals surface area contributed by atoms with Gasteiger partial charge in [0.15, 0.2) is 6.61 Å². The molecule has 0 aliphatic carbocycles. The van der Waals surface area contributed by atoms with E-state index in [0.29, 0.717) is 0 Å². The Morgan fingerprint density at radius 3 is 2.54 bits per heavy atom. The van der Waals surface area contributed by atoms with Crippen molar-refractivity contribution in [3.63, 3.8) is 0 Å². The van der Waals surface area contributed by atoms with Gasteiger partial charge in [-0.1, -0.05) is 39.0 Å². The van der Waals surface area contributed by atoms with Gasteiger partial charge in [0.1, 0.15) is 5.75 Å². The second-order valence-electron chi connectivity index (χ2n) is 7.86. The Bertz CT molecular complexity index is 759. The maximum atomic E-state index is 12.3. The second-order valence-corrected chi connectivity index (χ2v) is 7.86. The maximum absolute atomic E-state index is 12.3. The van der Waals surface area contributed by atoms with Crippen LogP contribution < -0.4 is 15.0 Å². The lowest BCUT2D eigenvalue weighted by Gasteiger charge is -2.20. The summed E-state index contributed by atoms with van der Waals surface area (Å²) in [4.78, 5) is 14.6. The van der Waals surface area contributed by atoms with Crippen molar-refractivity contribution < 1.29 is 9.53 Å². The van der Waals surface area contributed by atoms with Crippen LogP contribution in [0.4, 0.5) is 11.4 Å². The number of ether oxygens (including phenoxy) is 1. The van der Waals surface area contributed by atoms with Gasteiger partial charge in [0.25, 0.3) is 5.91 Å². The molecule has 0 bridgehead atoms. The number of carbonyl (C=O) groups is 1. The number of rotatable bonds is 5. The SMILES string of the molecule is CC(C)(C)c1cccc(OCC(=O)Nc2cccc(N3CCCC3)c2)c1. The quantitative estimate of drug-likeness (QED) is 0.855. The zero-order valence-electron chi connectivity index (χ0n) is 15.9. The van der Waals surface area contributed by atoms with Crippen LogP contribution in [-0.4, -0.2) is 25.6 Å². The van der Waals surface area contributed by atoms with E-state index in [1.165, 1.54) is 24.1 Å². The predicted molar refractivity (Wildman–Crippen MR) is 107 cm³/mol. The average Bonchev–Trinajstić information content (AvgIpc) is 3.14. The van der Waals surface area contributed by atoms with Crippen molar-refractivity contribution in [2.75, 3.05) is 29.9 Å². The van der Waals surface area contributed by atoms with E-state index in [-0.39, 0.29) is 17.9 Å². The molecule has 4 heteroatoms. The summed E-state index contributed by atoms with van der Waals surface area (Å²) in [6.07, 6.45) is 2.47. The van der Waals surface area contributed by atoms with Crippen molar-refractivity contribution in [1.82, 2.24) is 0 Å². The highest BCUT2D eigenvalue weighted by Crippen LogP contribution is 2.26. The zero-order chi connectivity index (χ0) is 18.6. The Labute approximate surface area is 156 Å². The first kappa shape index (κ1) is 18.3. The molecule has 0 unspecified atom stereocenters. The molecule has 1 N–H and O–H groups in total. The molecule has 1 amide bonds. The monoisotopic (exact) mass is 352 g/mol. The van der Waals surface area contributed by atoms with E-state index >= 15 is 0 Å². The number of nitrogens with one attached hydrogen (secondary N) is 1. The summed E-state index contributed by atoms with van der Waals surface area (Å²) in [6, 6.07) is 16.0. The lowest BCUT2D eigenvalue weighted by atomic mass is 9.87. The molecule has 1 aliphatic heterocycles. The summed E-state index contributed by atoms with van der Waals surface area (Å²) in [5.74, 6) is 0.572. The molecule has 1 heterocycles. The molecule has 0 saturated carbocycles. The Balaban J connectivity index is 1.57. The summed E-state index contributed by atoms with van der Waals surface area (Å²) in [5, 5.41) is 2.93. The van der Waals surface area contributed by atoms with Crippen LogP contribution in [0.1, 0.15) is 39.2 Å². The standard InChI is InChI=1S/C22H28N2O2/c1-22(2,3)17-8-6-11-20(14-17)26-16-21(25)23-18-9-7-10-19(15-18)24-12-4-5-13-24/h6-11,14-15H,4-5,12-13,16H2,1-3H3,(H,23,25). The molecule has 2 aromatic rings. The van der Waals surface area contributed by atoms with Crippen LogP contribution in [-0.2, 0) is 10.2 Å². The summed E-state index contributed by atoms with van der Waals surface area (Å²) in [6.45, 7) is 8.65. The van der Waals surface area contributed by atoms with Crippen molar-refractivity contribution in [3.05, 3.63) is 54.1 Å². The minimum Gasteiger partial charge on any atom is -0.484 e. The van der Waals surface area contributed by atoms with Crippen LogP contribution in [0.25, 0.3) is 0 Å². The van der Waals surface area contributed by atoms with Gasteiger partial charge in [-0.25, -0.2) is 0 Å². The Kier molecular flexibility index (Phi) is 5.50. The van der Waals surface area contributed by atoms with E-state index in [1.54, 1.807) is 0 Å². The first-order chi connectivity index (χ1) is 12.4. The molecule has 1 saturated heterocycles. The fourth-order valence-electron chi connectivity index (χ4n) is 3.15. The van der Waals surface area contributed by atoms with Gasteiger partial charge in [0.2, 0.25) is 0 Å². The number of nitrogens with zero attached hydrogens (tertiary/aromatic N) is 1. The lowest BCUT2D eigenvalue weighted by Crippen LogP contribution is -2.21. The molecule has 0 atom stereocenters. The van der Waals surface area contributed by atoms with E-state index in [4.69, 9.17) is 4.74 Å². The number of anilines is 2. The fraction of sp³-hybridized carbons (Fsp3) is 0.409. The largest absolute Gasteiger partial charge is 0.484 e. The van der Waals surface area contributed by atoms with Gasteiger partial charge in [0.05, 0.1) is 0 Å². The lowest BCUT2D eigenvalue weighted by molar-refractivity contribution is -0.118. The molecule has 2 aromatic carbocycles. The van der Waals surface area contributed by atoms with Crippen molar-refractivity contribution >= 4 is 17.3 Å². The second kappa shape index (κ2) is 7.81. The Morgan fingerprint density at radius 2 is 1.81 bits per heavy atom. The molecule has 3 rings (SSSR count). The summed E-state index contributed by atoms with van der Waals surface area (Å²) in [7, 11) is 0. The highest BCUT2D eigenvalue weighted by molar-refractivity contribution is 5.92. The molecule has 4 nitrogen and oxygen atoms in total. The smallest absolute Gasteiger partial charge is 0.262 e. The highest BCUT2D eigenvalue weighted by atomic mass is 16.5. The number of carbonyl (C=O) groups excluding carboxylic acids is 1. The predicted octanol–water partition coefficient (Wildman–Crippen LogP) is 4.60. The Hall–Kier alpha value is -2.49. The van der Waals surface area contributed by atoms with Crippen LogP contribution in [0, 0.1) is 0 Å². The minimum absolute atomic E-state index is 0.00153. The van der Waals surface area contributed by atoms with Crippen molar-refractivity contribution in [1.29, 1.82) is 0 Å². The highest BCUT2D eigenvalue weighted by Gasteiger charge is 2.15. The van der Waals surface area contributed by atoms with Crippen molar-refractivity contribution in [2.45, 2.75) is 39.0 Å². The van der Waals surface area contributed by atoms with Crippen molar-refractivity contribution in [2.24, 2.45) is 0 Å². The van der Waals surface area contributed by atoms with Gasteiger partial charge in [0, 0.05) is 24.5 Å². The summed E-state index contributed by atoms with van der Waals surface area (Å²) < 4.78 is 5.68. The summed E-state index contributed by atoms with van der Waals surface area (Å²) >= 11 is 0. The van der Waals surface area contributed by atoms with E-state index in [0.717, 1.165) is 24.5 Å². The van der Waals surface area contributed by atoms with Gasteiger partial charge in [-0.15, -0.1) is 0 Å². The van der Waals surface area contributed by atoms with Gasteiger partial charge in [-0.05, 0) is 54.2 Å². The third-order valence-corrected chi connectivity index (χ3v) is 4.67. The number of benzene rings is 2. The zero-order valence-corrected chi connectivity index (χ0v) is 15.9. The number of hydrogen-bond acceptors (Lipinski definition) is 3. The van der Waals surface area contributed by atoms with Gasteiger partial charge < -0.3 is 15.0 Å². The van der Waals surface area contributed by atoms with E-state index < -0.39 is 0 Å². The molecule has 0 radical (unpaired) electrons. The van der Waals surface area contributed by atoms with E-state index in [9.17, 15) is 4.79 Å². The third kappa shape index (κ3) is 4.78. The molecule has 26 heavy (non-hydrogen) atoms. The van der Waals surface area contributed by atoms with Crippen molar-refractivity contribution in [3.8, 4) is 5.75 Å². The van der Waals surface area contributed by atoms with Crippen LogP contribution >= 0.6 is 0 Å². The summed E-state index contributed by atoms with van der Waals surface area (Å²) in [5.41, 5.74) is 3.22. The molecule has 1 aliphatic rings. The molecular formula is C22H28N2O2. The first-order valence-electron chi connectivity index (χ1n) is 9.30. The average molecular weight is 352 g/mol. The van der Waals surface area contributed by atoms with E-state index in [1.807, 2.05) is 36.4 Å². The van der Waals surface area contributed by atoms with Gasteiger partial charge in [-0.3, -0.25) is 4.79 Å². The topological polar surface area (TPSA) is 41.6 Å². The Morgan fingerprint density at radius 1 is 1.08 bits per heavy atom. The molecule has 0 spiro atoms. The van der Waals surface area contributed by atoms with Gasteiger partial charge in [-0.2, -0.15) is 0 Å². The maximum Gasteiger partial charge on any atom is 0.262 e. The first-order valence-corrected chi connectivity index (χ1v) is 9.30. The van der Waals surface area contributed by atoms with Crippen LogP contribution in [0.15, 0.2) is 48.5 Å². The van der Waals surface area contributed by atoms with Gasteiger partial charge >= 0.3 is 0 Å². The molecular weight excluding hydrogens is 324 g/mol. The molecule has 1 fully saturated rings. The minimum atomic E-state index is -0.148. The normalized spacial score (nSPS) is 14.3. The van der Waals surface area contributed by atoms with Crippen LogP contribution in [0.3, 0.4) is 0 Å². The molecule has 138 valence electrons. The van der Waals surface area contributed by atoms with Crippen LogP contribution in [0.5, 0.6) is 5.75 Å². The number of hydrogen-bond donors (Lipinski definition) is 1. The van der Waals surface area contributed by atoms with E-state index in [2.05, 4.69) is 43.1 Å². The van der Waals surface area contributed by atoms with Crippen LogP contribution in [0.2, 0.25) is 0 Å². The fourth-order valence-corrected chi connectivity index (χ4v) is 3.15. The number of amides is 1. The third-order valence-electron chi connectivity index (χ3n) is 4.67.